The van der Waals surface area contributed by atoms with Gasteiger partial charge in [-0.2, -0.15) is 10.4 Å². The van der Waals surface area contributed by atoms with Gasteiger partial charge < -0.3 is 15.4 Å². The highest BCUT2D eigenvalue weighted by atomic mass is 32.2. The summed E-state index contributed by atoms with van der Waals surface area (Å²) in [6.07, 6.45) is 10.6. The predicted molar refractivity (Wildman–Crippen MR) is 145 cm³/mol. The van der Waals surface area contributed by atoms with Gasteiger partial charge in [0.25, 0.3) is 0 Å². The molecule has 3 heterocycles. The quantitative estimate of drug-likeness (QED) is 0.487. The molecule has 38 heavy (non-hydrogen) atoms. The van der Waals surface area contributed by atoms with E-state index in [2.05, 4.69) is 22.5 Å². The third kappa shape index (κ3) is 6.06. The van der Waals surface area contributed by atoms with Crippen molar-refractivity contribution in [2.75, 3.05) is 20.2 Å². The normalized spacial score (nSPS) is 21.5. The van der Waals surface area contributed by atoms with Crippen LogP contribution in [0.2, 0.25) is 0 Å². The van der Waals surface area contributed by atoms with Crippen molar-refractivity contribution in [3.63, 3.8) is 0 Å². The Balaban J connectivity index is 1.32. The number of hydrogen-bond donors (Lipinski definition) is 2. The van der Waals surface area contributed by atoms with E-state index in [4.69, 9.17) is 15.5 Å². The zero-order valence-electron chi connectivity index (χ0n) is 21.4. The zero-order chi connectivity index (χ0) is 27.3. The first-order valence-corrected chi connectivity index (χ1v) is 14.2. The fourth-order valence-corrected chi connectivity index (χ4v) is 5.91. The number of pyridine rings is 1. The molecule has 0 spiro atoms. The van der Waals surface area contributed by atoms with E-state index in [-0.39, 0.29) is 23.9 Å². The first-order valence-electron chi connectivity index (χ1n) is 12.6. The third-order valence-electron chi connectivity index (χ3n) is 7.26. The maximum atomic E-state index is 13.1. The van der Waals surface area contributed by atoms with E-state index >= 15 is 0 Å². The van der Waals surface area contributed by atoms with E-state index in [9.17, 15) is 18.5 Å². The van der Waals surface area contributed by atoms with Gasteiger partial charge in [0.05, 0.1) is 19.3 Å². The van der Waals surface area contributed by atoms with E-state index in [1.165, 1.54) is 19.5 Å². The Morgan fingerprint density at radius 2 is 2.00 bits per heavy atom. The summed E-state index contributed by atoms with van der Waals surface area (Å²) >= 11 is 0. The Morgan fingerprint density at radius 1 is 1.29 bits per heavy atom. The molecule has 0 bridgehead atoms. The molecule has 3 N–H and O–H groups in total. The largest absolute Gasteiger partial charge is 0.494 e. The molecule has 11 nitrogen and oxygen atoms in total. The highest BCUT2D eigenvalue weighted by molar-refractivity contribution is 7.92. The van der Waals surface area contributed by atoms with Crippen LogP contribution in [0, 0.1) is 17.2 Å². The van der Waals surface area contributed by atoms with Crippen molar-refractivity contribution in [3.8, 4) is 11.8 Å². The van der Waals surface area contributed by atoms with Crippen LogP contribution < -0.4 is 15.2 Å². The van der Waals surface area contributed by atoms with Crippen LogP contribution in [-0.2, 0) is 14.8 Å². The van der Waals surface area contributed by atoms with Gasteiger partial charge in [-0.15, -0.1) is 0 Å². The smallest absolute Gasteiger partial charge is 0.233 e. The summed E-state index contributed by atoms with van der Waals surface area (Å²) < 4.78 is 33.1. The lowest BCUT2D eigenvalue weighted by Gasteiger charge is -2.35. The second-order valence-corrected chi connectivity index (χ2v) is 11.3. The van der Waals surface area contributed by atoms with Gasteiger partial charge in [-0.3, -0.25) is 9.79 Å². The highest BCUT2D eigenvalue weighted by Gasteiger charge is 2.32. The minimum atomic E-state index is -3.46. The number of nitriles is 1. The molecule has 2 aliphatic rings. The van der Waals surface area contributed by atoms with E-state index in [0.29, 0.717) is 61.2 Å². The Bertz CT molecular complexity index is 1390. The van der Waals surface area contributed by atoms with Crippen LogP contribution in [0.1, 0.15) is 49.7 Å². The molecule has 2 fully saturated rings. The summed E-state index contributed by atoms with van der Waals surface area (Å²) in [5.74, 6) is 0.597. The molecule has 12 heteroatoms. The number of rotatable bonds is 8. The third-order valence-corrected chi connectivity index (χ3v) is 8.36. The number of nitrogens with zero attached hydrogens (tertiary/aromatic N) is 5. The van der Waals surface area contributed by atoms with Crippen molar-refractivity contribution >= 4 is 33.2 Å². The van der Waals surface area contributed by atoms with Crippen molar-refractivity contribution in [3.05, 3.63) is 47.8 Å². The van der Waals surface area contributed by atoms with Crippen LogP contribution in [-0.4, -0.2) is 67.3 Å². The summed E-state index contributed by atoms with van der Waals surface area (Å²) in [4.78, 5) is 19.7. The van der Waals surface area contributed by atoms with E-state index in [1.54, 1.807) is 23.0 Å². The molecule has 2 aromatic rings. The summed E-state index contributed by atoms with van der Waals surface area (Å²) in [5, 5.41) is 14.5. The minimum absolute atomic E-state index is 0.0681. The number of nitrogens with two attached hydrogens (primary N) is 1. The number of allylic oxidation sites excluding steroid dienone is 1. The molecule has 4 rings (SSSR count). The SMILES string of the molecule is C=CS(=O)(=O)NC1CCC(C(=O)N2CCC(N=C/C(=C\N)c3cc(OC)c4c(C#N)cnn4c3)CC2)CC1. The fourth-order valence-electron chi connectivity index (χ4n) is 5.11. The van der Waals surface area contributed by atoms with E-state index < -0.39 is 10.0 Å². The lowest BCUT2D eigenvalue weighted by Crippen LogP contribution is -2.45. The van der Waals surface area contributed by atoms with Gasteiger partial charge in [0.2, 0.25) is 15.9 Å². The molecule has 0 atom stereocenters. The molecule has 0 aromatic carbocycles. The molecular formula is C26H33N7O4S. The summed E-state index contributed by atoms with van der Waals surface area (Å²) in [6.45, 7) is 4.59. The topological polar surface area (TPSA) is 155 Å². The van der Waals surface area contributed by atoms with Crippen LogP contribution in [0.25, 0.3) is 11.1 Å². The maximum Gasteiger partial charge on any atom is 0.233 e. The number of carbonyl (C=O) groups excluding carboxylic acids is 1. The maximum absolute atomic E-state index is 13.1. The minimum Gasteiger partial charge on any atom is -0.494 e. The van der Waals surface area contributed by atoms with Crippen molar-refractivity contribution in [1.29, 1.82) is 5.26 Å². The Kier molecular flexibility index (Phi) is 8.48. The van der Waals surface area contributed by atoms with Crippen molar-refractivity contribution in [2.45, 2.75) is 50.6 Å². The van der Waals surface area contributed by atoms with E-state index in [1.807, 2.05) is 4.90 Å². The molecule has 0 radical (unpaired) electrons. The van der Waals surface area contributed by atoms with Gasteiger partial charge in [0, 0.05) is 60.2 Å². The Morgan fingerprint density at radius 3 is 2.61 bits per heavy atom. The first-order chi connectivity index (χ1) is 18.3. The average Bonchev–Trinajstić information content (AvgIpc) is 3.36. The molecular weight excluding hydrogens is 506 g/mol. The molecule has 0 unspecified atom stereocenters. The van der Waals surface area contributed by atoms with Gasteiger partial charge in [-0.1, -0.05) is 6.58 Å². The predicted octanol–water partition coefficient (Wildman–Crippen LogP) is 2.20. The summed E-state index contributed by atoms with van der Waals surface area (Å²) in [7, 11) is -1.92. The van der Waals surface area contributed by atoms with Crippen LogP contribution in [0.5, 0.6) is 5.75 Å². The van der Waals surface area contributed by atoms with E-state index in [0.717, 1.165) is 23.8 Å². The number of hydrogen-bond acceptors (Lipinski definition) is 8. The average molecular weight is 540 g/mol. The van der Waals surface area contributed by atoms with Crippen LogP contribution in [0.4, 0.5) is 0 Å². The van der Waals surface area contributed by atoms with Gasteiger partial charge >= 0.3 is 0 Å². The number of ether oxygens (including phenoxy) is 1. The van der Waals surface area contributed by atoms with Gasteiger partial charge in [-0.25, -0.2) is 17.7 Å². The zero-order valence-corrected chi connectivity index (χ0v) is 22.2. The monoisotopic (exact) mass is 539 g/mol. The second-order valence-electron chi connectivity index (χ2n) is 9.60. The van der Waals surface area contributed by atoms with Crippen molar-refractivity contribution in [1.82, 2.24) is 19.2 Å². The summed E-state index contributed by atoms with van der Waals surface area (Å²) in [6, 6.07) is 3.85. The molecule has 1 aliphatic carbocycles. The molecule has 2 aromatic heterocycles. The van der Waals surface area contributed by atoms with Gasteiger partial charge in [-0.05, 0) is 44.6 Å². The van der Waals surface area contributed by atoms with Crippen LogP contribution >= 0.6 is 0 Å². The molecule has 1 saturated carbocycles. The fraction of sp³-hybridized carbons (Fsp3) is 0.462. The number of fused-ring (bicyclic) bond motifs is 1. The Hall–Kier alpha value is -3.69. The first kappa shape index (κ1) is 27.3. The second kappa shape index (κ2) is 11.8. The van der Waals surface area contributed by atoms with Crippen LogP contribution in [0.15, 0.2) is 41.6 Å². The molecule has 1 saturated heterocycles. The molecule has 1 aliphatic heterocycles. The lowest BCUT2D eigenvalue weighted by molar-refractivity contribution is -0.137. The lowest BCUT2D eigenvalue weighted by atomic mass is 9.85. The number of methoxy groups -OCH3 is 1. The number of carbonyl (C=O) groups is 1. The van der Waals surface area contributed by atoms with Gasteiger partial charge in [0.1, 0.15) is 22.9 Å². The van der Waals surface area contributed by atoms with Crippen molar-refractivity contribution < 1.29 is 17.9 Å². The number of aromatic nitrogens is 2. The Labute approximate surface area is 222 Å². The number of likely N-dealkylation sites (tertiary alicyclic amines) is 1. The number of sulfonamides is 1. The van der Waals surface area contributed by atoms with Crippen molar-refractivity contribution in [2.24, 2.45) is 16.6 Å². The molecule has 1 amide bonds. The standard InChI is InChI=1S/C26H33N7O4S/c1-3-38(35,36)31-23-6-4-18(5-7-23)26(34)32-10-8-22(9-11-32)29-15-20(13-27)19-12-24(37-2)25-21(14-28)16-30-33(25)17-19/h3,12-13,15-18,22-23,31H,1,4-11,27H2,2H3/b20-13+,29-15?. The number of amides is 1. The number of aliphatic imine (C=N–C) groups is 1. The highest BCUT2D eigenvalue weighted by Crippen LogP contribution is 2.29. The number of piperidine rings is 1. The van der Waals surface area contributed by atoms with Gasteiger partial charge in [0.15, 0.2) is 0 Å². The molecule has 202 valence electrons. The van der Waals surface area contributed by atoms with Crippen LogP contribution in [0.3, 0.4) is 0 Å². The number of nitrogens with one attached hydrogen (secondary N) is 1. The summed E-state index contributed by atoms with van der Waals surface area (Å²) in [5.41, 5.74) is 8.38.